The number of carboxylic acid groups (broad SMARTS) is 1. The predicted octanol–water partition coefficient (Wildman–Crippen LogP) is 1.41. The monoisotopic (exact) mass is 291 g/mol. The Bertz CT molecular complexity index is 325. The van der Waals surface area contributed by atoms with Gasteiger partial charge in [0.2, 0.25) is 0 Å². The molecule has 0 bridgehead atoms. The molecule has 0 fully saturated rings. The molecule has 0 heterocycles. The summed E-state index contributed by atoms with van der Waals surface area (Å²) in [5.41, 5.74) is -2.12. The molecule has 0 aromatic carbocycles. The average molecular weight is 291 g/mol. The van der Waals surface area contributed by atoms with Gasteiger partial charge in [-0.2, -0.15) is 0 Å². The van der Waals surface area contributed by atoms with Gasteiger partial charge in [0.1, 0.15) is 11.1 Å². The second-order valence-electron chi connectivity index (χ2n) is 5.62. The lowest BCUT2D eigenvalue weighted by molar-refractivity contribution is -0.145. The third-order valence-corrected chi connectivity index (χ3v) is 2.43. The lowest BCUT2D eigenvalue weighted by Crippen LogP contribution is -2.54. The molecule has 1 amide bonds. The molecular formula is C13H25NO6. The Hall–Kier alpha value is -1.34. The molecule has 20 heavy (non-hydrogen) atoms. The highest BCUT2D eigenvalue weighted by Crippen LogP contribution is 2.13. The van der Waals surface area contributed by atoms with E-state index in [-0.39, 0.29) is 13.0 Å². The van der Waals surface area contributed by atoms with Gasteiger partial charge in [-0.3, -0.25) is 0 Å². The molecule has 0 rings (SSSR count). The number of aliphatic carboxylic acids is 1. The molecule has 0 aromatic heterocycles. The molecular weight excluding hydrogens is 266 g/mol. The van der Waals surface area contributed by atoms with Crippen molar-refractivity contribution in [2.75, 3.05) is 26.9 Å². The largest absolute Gasteiger partial charge is 0.480 e. The van der Waals surface area contributed by atoms with E-state index in [4.69, 9.17) is 14.2 Å². The fraction of sp³-hybridized carbons (Fsp3) is 0.846. The number of nitrogens with one attached hydrogen (secondary N) is 1. The van der Waals surface area contributed by atoms with E-state index in [0.29, 0.717) is 13.2 Å². The van der Waals surface area contributed by atoms with Crippen LogP contribution < -0.4 is 5.32 Å². The van der Waals surface area contributed by atoms with E-state index >= 15 is 0 Å². The van der Waals surface area contributed by atoms with E-state index in [2.05, 4.69) is 5.32 Å². The third-order valence-electron chi connectivity index (χ3n) is 2.43. The number of carbonyl (C=O) groups excluding carboxylic acids is 1. The maximum atomic E-state index is 11.7. The smallest absolute Gasteiger partial charge is 0.408 e. The summed E-state index contributed by atoms with van der Waals surface area (Å²) in [5.74, 6) is -1.14. The van der Waals surface area contributed by atoms with Crippen LogP contribution in [0.1, 0.15) is 34.1 Å². The fourth-order valence-electron chi connectivity index (χ4n) is 1.27. The van der Waals surface area contributed by atoms with Crippen LogP contribution >= 0.6 is 0 Å². The van der Waals surface area contributed by atoms with Crippen molar-refractivity contribution >= 4 is 12.1 Å². The van der Waals surface area contributed by atoms with Crippen LogP contribution in [-0.2, 0) is 19.0 Å². The van der Waals surface area contributed by atoms with E-state index < -0.39 is 23.2 Å². The van der Waals surface area contributed by atoms with Gasteiger partial charge in [-0.05, 0) is 27.7 Å². The predicted molar refractivity (Wildman–Crippen MR) is 72.7 cm³/mol. The maximum Gasteiger partial charge on any atom is 0.408 e. The van der Waals surface area contributed by atoms with Crippen LogP contribution in [0.2, 0.25) is 0 Å². The highest BCUT2D eigenvalue weighted by Gasteiger charge is 2.36. The van der Waals surface area contributed by atoms with Crippen molar-refractivity contribution in [2.45, 2.75) is 45.3 Å². The summed E-state index contributed by atoms with van der Waals surface area (Å²) < 4.78 is 15.1. The van der Waals surface area contributed by atoms with Crippen molar-refractivity contribution in [2.24, 2.45) is 0 Å². The molecule has 118 valence electrons. The second-order valence-corrected chi connectivity index (χ2v) is 5.62. The number of hydrogen-bond acceptors (Lipinski definition) is 5. The Kier molecular flexibility index (Phi) is 7.52. The fourth-order valence-corrected chi connectivity index (χ4v) is 1.27. The standard InChI is InChI=1S/C13H25NO6/c1-12(2,3)20-11(17)14-13(4,10(15)16)6-7-19-9-8-18-5/h6-9H2,1-5H3,(H,14,17)(H,15,16). The first kappa shape index (κ1) is 18.7. The normalized spacial score (nSPS) is 14.4. The van der Waals surface area contributed by atoms with Gasteiger partial charge in [-0.1, -0.05) is 0 Å². The summed E-state index contributed by atoms with van der Waals surface area (Å²) in [4.78, 5) is 22.9. The van der Waals surface area contributed by atoms with Crippen LogP contribution in [-0.4, -0.2) is 55.2 Å². The molecule has 0 spiro atoms. The highest BCUT2D eigenvalue weighted by atomic mass is 16.6. The second kappa shape index (κ2) is 8.06. The number of amides is 1. The van der Waals surface area contributed by atoms with E-state index in [1.54, 1.807) is 27.9 Å². The first-order chi connectivity index (χ1) is 9.10. The first-order valence-electron chi connectivity index (χ1n) is 6.42. The van der Waals surface area contributed by atoms with Gasteiger partial charge in [0, 0.05) is 20.1 Å². The molecule has 0 aliphatic rings. The minimum atomic E-state index is -1.44. The molecule has 0 radical (unpaired) electrons. The third kappa shape index (κ3) is 7.96. The van der Waals surface area contributed by atoms with Crippen molar-refractivity contribution in [1.29, 1.82) is 0 Å². The number of alkyl carbamates (subject to hydrolysis) is 1. The topological polar surface area (TPSA) is 94.1 Å². The van der Waals surface area contributed by atoms with Crippen molar-refractivity contribution in [1.82, 2.24) is 5.32 Å². The number of methoxy groups -OCH3 is 1. The number of hydrogen-bond donors (Lipinski definition) is 2. The molecule has 0 saturated carbocycles. The van der Waals surface area contributed by atoms with E-state index in [9.17, 15) is 14.7 Å². The summed E-state index contributed by atoms with van der Waals surface area (Å²) in [5, 5.41) is 11.6. The molecule has 0 aliphatic carbocycles. The van der Waals surface area contributed by atoms with Crippen LogP contribution in [0.3, 0.4) is 0 Å². The number of carbonyl (C=O) groups is 2. The number of rotatable bonds is 8. The van der Waals surface area contributed by atoms with Gasteiger partial charge >= 0.3 is 12.1 Å². The lowest BCUT2D eigenvalue weighted by atomic mass is 9.99. The first-order valence-corrected chi connectivity index (χ1v) is 6.42. The quantitative estimate of drug-likeness (QED) is 0.657. The van der Waals surface area contributed by atoms with Crippen molar-refractivity contribution in [3.05, 3.63) is 0 Å². The van der Waals surface area contributed by atoms with Crippen LogP contribution in [0.25, 0.3) is 0 Å². The highest BCUT2D eigenvalue weighted by molar-refractivity contribution is 5.83. The molecule has 0 aromatic rings. The van der Waals surface area contributed by atoms with Crippen LogP contribution in [0, 0.1) is 0 Å². The maximum absolute atomic E-state index is 11.7. The molecule has 7 heteroatoms. The van der Waals surface area contributed by atoms with E-state index in [0.717, 1.165) is 0 Å². The summed E-state index contributed by atoms with van der Waals surface area (Å²) in [7, 11) is 1.55. The Morgan fingerprint density at radius 1 is 1.10 bits per heavy atom. The molecule has 7 nitrogen and oxygen atoms in total. The van der Waals surface area contributed by atoms with Gasteiger partial charge in [0.15, 0.2) is 0 Å². The van der Waals surface area contributed by atoms with Crippen LogP contribution in [0.4, 0.5) is 4.79 Å². The zero-order valence-corrected chi connectivity index (χ0v) is 12.8. The zero-order chi connectivity index (χ0) is 15.8. The minimum absolute atomic E-state index is 0.130. The Morgan fingerprint density at radius 3 is 2.15 bits per heavy atom. The molecule has 1 atom stereocenters. The Labute approximate surface area is 119 Å². The van der Waals surface area contributed by atoms with E-state index in [1.807, 2.05) is 0 Å². The minimum Gasteiger partial charge on any atom is -0.480 e. The van der Waals surface area contributed by atoms with Gasteiger partial charge in [0.25, 0.3) is 0 Å². The van der Waals surface area contributed by atoms with Crippen LogP contribution in [0.15, 0.2) is 0 Å². The van der Waals surface area contributed by atoms with E-state index in [1.165, 1.54) is 6.92 Å². The SMILES string of the molecule is COCCOCCC(C)(NC(=O)OC(C)(C)C)C(=O)O. The molecule has 0 saturated heterocycles. The van der Waals surface area contributed by atoms with Gasteiger partial charge in [0.05, 0.1) is 13.2 Å². The van der Waals surface area contributed by atoms with Gasteiger partial charge in [-0.15, -0.1) is 0 Å². The van der Waals surface area contributed by atoms with Crippen LogP contribution in [0.5, 0.6) is 0 Å². The molecule has 0 aliphatic heterocycles. The molecule has 1 unspecified atom stereocenters. The summed E-state index contributed by atoms with van der Waals surface area (Å²) in [6.07, 6.45) is -0.634. The number of ether oxygens (including phenoxy) is 3. The summed E-state index contributed by atoms with van der Waals surface area (Å²) in [6, 6.07) is 0. The molecule has 2 N–H and O–H groups in total. The van der Waals surface area contributed by atoms with Gasteiger partial charge in [-0.25, -0.2) is 9.59 Å². The lowest BCUT2D eigenvalue weighted by Gasteiger charge is -2.28. The van der Waals surface area contributed by atoms with Crippen molar-refractivity contribution in [3.63, 3.8) is 0 Å². The van der Waals surface area contributed by atoms with Crippen molar-refractivity contribution < 1.29 is 28.9 Å². The Morgan fingerprint density at radius 2 is 1.70 bits per heavy atom. The van der Waals surface area contributed by atoms with Gasteiger partial charge < -0.3 is 24.6 Å². The zero-order valence-electron chi connectivity index (χ0n) is 12.8. The number of carboxylic acids is 1. The van der Waals surface area contributed by atoms with Crippen molar-refractivity contribution in [3.8, 4) is 0 Å². The summed E-state index contributed by atoms with van der Waals surface area (Å²) >= 11 is 0. The summed E-state index contributed by atoms with van der Waals surface area (Å²) in [6.45, 7) is 7.54. The average Bonchev–Trinajstić information content (AvgIpc) is 2.25. The Balaban J connectivity index is 4.38.